The van der Waals surface area contributed by atoms with E-state index < -0.39 is 5.91 Å². The zero-order chi connectivity index (χ0) is 17.6. The number of anilines is 1. The van der Waals surface area contributed by atoms with Gasteiger partial charge in [-0.1, -0.05) is 12.1 Å². The fourth-order valence-corrected chi connectivity index (χ4v) is 2.65. The van der Waals surface area contributed by atoms with E-state index in [1.54, 1.807) is 42.5 Å². The molecule has 0 aliphatic carbocycles. The van der Waals surface area contributed by atoms with Gasteiger partial charge in [-0.05, 0) is 49.2 Å². The van der Waals surface area contributed by atoms with Gasteiger partial charge in [-0.15, -0.1) is 0 Å². The largest absolute Gasteiger partial charge is 0.490 e. The van der Waals surface area contributed by atoms with Crippen LogP contribution in [0.1, 0.15) is 33.6 Å². The Morgan fingerprint density at radius 1 is 1.16 bits per heavy atom. The minimum atomic E-state index is -0.509. The van der Waals surface area contributed by atoms with E-state index in [1.807, 2.05) is 6.07 Å². The van der Waals surface area contributed by atoms with Crippen LogP contribution in [-0.2, 0) is 4.74 Å². The average molecular weight is 340 g/mol. The summed E-state index contributed by atoms with van der Waals surface area (Å²) in [4.78, 5) is 23.6. The van der Waals surface area contributed by atoms with Crippen molar-refractivity contribution < 1.29 is 19.1 Å². The summed E-state index contributed by atoms with van der Waals surface area (Å²) in [6.07, 6.45) is 2.09. The standard InChI is InChI=1S/C19H20N2O4/c20-18(22)13-7-9-14(10-8-13)21-19(23)16-5-1-2-6-17(16)25-12-15-4-3-11-24-15/h1-2,5-10,15H,3-4,11-12H2,(H2,20,22)(H,21,23)/t15-/m0/s1. The predicted octanol–water partition coefficient (Wildman–Crippen LogP) is 2.60. The van der Waals surface area contributed by atoms with E-state index in [0.29, 0.717) is 29.2 Å². The summed E-state index contributed by atoms with van der Waals surface area (Å²) in [7, 11) is 0. The maximum atomic E-state index is 12.5. The van der Waals surface area contributed by atoms with Crippen LogP contribution in [-0.4, -0.2) is 31.1 Å². The molecule has 0 bridgehead atoms. The zero-order valence-corrected chi connectivity index (χ0v) is 13.7. The molecule has 130 valence electrons. The topological polar surface area (TPSA) is 90.7 Å². The third kappa shape index (κ3) is 4.36. The first kappa shape index (κ1) is 17.0. The number of rotatable bonds is 6. The molecule has 0 radical (unpaired) electrons. The van der Waals surface area contributed by atoms with Gasteiger partial charge in [0.15, 0.2) is 0 Å². The van der Waals surface area contributed by atoms with Crippen LogP contribution >= 0.6 is 0 Å². The van der Waals surface area contributed by atoms with Crippen molar-refractivity contribution in [2.75, 3.05) is 18.5 Å². The molecule has 1 saturated heterocycles. The molecule has 1 fully saturated rings. The van der Waals surface area contributed by atoms with Gasteiger partial charge in [0.05, 0.1) is 11.7 Å². The number of carbonyl (C=O) groups excluding carboxylic acids is 2. The number of carbonyl (C=O) groups is 2. The third-order valence-electron chi connectivity index (χ3n) is 4.01. The van der Waals surface area contributed by atoms with Crippen LogP contribution in [0.5, 0.6) is 5.75 Å². The quantitative estimate of drug-likeness (QED) is 0.846. The maximum Gasteiger partial charge on any atom is 0.259 e. The first-order valence-corrected chi connectivity index (χ1v) is 8.18. The fraction of sp³-hybridized carbons (Fsp3) is 0.263. The van der Waals surface area contributed by atoms with Crippen molar-refractivity contribution in [3.8, 4) is 5.75 Å². The van der Waals surface area contributed by atoms with Crippen LogP contribution < -0.4 is 15.8 Å². The van der Waals surface area contributed by atoms with E-state index in [0.717, 1.165) is 19.4 Å². The molecule has 0 unspecified atom stereocenters. The molecule has 6 nitrogen and oxygen atoms in total. The van der Waals surface area contributed by atoms with Crippen molar-refractivity contribution in [2.24, 2.45) is 5.73 Å². The molecule has 2 aromatic rings. The number of ether oxygens (including phenoxy) is 2. The second kappa shape index (κ2) is 7.81. The number of nitrogens with two attached hydrogens (primary N) is 1. The van der Waals surface area contributed by atoms with Gasteiger partial charge in [0, 0.05) is 17.9 Å². The molecule has 25 heavy (non-hydrogen) atoms. The lowest BCUT2D eigenvalue weighted by Crippen LogP contribution is -2.19. The molecule has 3 N–H and O–H groups in total. The molecule has 1 atom stereocenters. The van der Waals surface area contributed by atoms with Crippen molar-refractivity contribution in [2.45, 2.75) is 18.9 Å². The number of benzene rings is 2. The number of amides is 2. The molecule has 2 aromatic carbocycles. The minimum Gasteiger partial charge on any atom is -0.490 e. The fourth-order valence-electron chi connectivity index (χ4n) is 2.65. The maximum absolute atomic E-state index is 12.5. The SMILES string of the molecule is NC(=O)c1ccc(NC(=O)c2ccccc2OC[C@@H]2CCCO2)cc1. The van der Waals surface area contributed by atoms with E-state index in [-0.39, 0.29) is 12.0 Å². The number of para-hydroxylation sites is 1. The number of hydrogen-bond acceptors (Lipinski definition) is 4. The Balaban J connectivity index is 1.67. The molecule has 2 amide bonds. The number of nitrogens with one attached hydrogen (secondary N) is 1. The predicted molar refractivity (Wildman–Crippen MR) is 93.8 cm³/mol. The Bertz CT molecular complexity index is 752. The summed E-state index contributed by atoms with van der Waals surface area (Å²) >= 11 is 0. The molecule has 1 aliphatic rings. The molecule has 0 aromatic heterocycles. The lowest BCUT2D eigenvalue weighted by atomic mass is 10.1. The van der Waals surface area contributed by atoms with Crippen molar-refractivity contribution >= 4 is 17.5 Å². The lowest BCUT2D eigenvalue weighted by molar-refractivity contribution is 0.0673. The minimum absolute atomic E-state index is 0.0810. The van der Waals surface area contributed by atoms with Crippen molar-refractivity contribution in [3.05, 3.63) is 59.7 Å². The average Bonchev–Trinajstić information content (AvgIpc) is 3.14. The van der Waals surface area contributed by atoms with Crippen LogP contribution in [0.15, 0.2) is 48.5 Å². The van der Waals surface area contributed by atoms with E-state index in [4.69, 9.17) is 15.2 Å². The first-order chi connectivity index (χ1) is 12.1. The zero-order valence-electron chi connectivity index (χ0n) is 13.7. The molecular formula is C19H20N2O4. The highest BCUT2D eigenvalue weighted by Crippen LogP contribution is 2.22. The Labute approximate surface area is 145 Å². The first-order valence-electron chi connectivity index (χ1n) is 8.18. The van der Waals surface area contributed by atoms with Crippen LogP contribution in [0.25, 0.3) is 0 Å². The van der Waals surface area contributed by atoms with E-state index >= 15 is 0 Å². The highest BCUT2D eigenvalue weighted by atomic mass is 16.5. The van der Waals surface area contributed by atoms with Gasteiger partial charge < -0.3 is 20.5 Å². The monoisotopic (exact) mass is 340 g/mol. The van der Waals surface area contributed by atoms with Gasteiger partial charge in [0.1, 0.15) is 12.4 Å². The molecule has 1 aliphatic heterocycles. The summed E-state index contributed by atoms with van der Waals surface area (Å²) < 4.78 is 11.3. The number of hydrogen-bond donors (Lipinski definition) is 2. The molecule has 6 heteroatoms. The van der Waals surface area contributed by atoms with Crippen molar-refractivity contribution in [1.82, 2.24) is 0 Å². The van der Waals surface area contributed by atoms with E-state index in [2.05, 4.69) is 5.32 Å². The Hall–Kier alpha value is -2.86. The molecule has 0 saturated carbocycles. The molecule has 3 rings (SSSR count). The van der Waals surface area contributed by atoms with Gasteiger partial charge in [0.2, 0.25) is 5.91 Å². The van der Waals surface area contributed by atoms with Gasteiger partial charge in [-0.3, -0.25) is 9.59 Å². The summed E-state index contributed by atoms with van der Waals surface area (Å²) in [5.41, 5.74) is 6.61. The van der Waals surface area contributed by atoms with Gasteiger partial charge >= 0.3 is 0 Å². The summed E-state index contributed by atoms with van der Waals surface area (Å²) in [5, 5.41) is 2.79. The Kier molecular flexibility index (Phi) is 5.30. The van der Waals surface area contributed by atoms with Gasteiger partial charge in [-0.25, -0.2) is 0 Å². The lowest BCUT2D eigenvalue weighted by Gasteiger charge is -2.14. The van der Waals surface area contributed by atoms with E-state index in [1.165, 1.54) is 0 Å². The highest BCUT2D eigenvalue weighted by molar-refractivity contribution is 6.06. The normalized spacial score (nSPS) is 16.4. The number of primary amides is 1. The second-order valence-electron chi connectivity index (χ2n) is 5.84. The van der Waals surface area contributed by atoms with Gasteiger partial charge in [-0.2, -0.15) is 0 Å². The smallest absolute Gasteiger partial charge is 0.259 e. The van der Waals surface area contributed by atoms with Crippen LogP contribution in [0, 0.1) is 0 Å². The Morgan fingerprint density at radius 3 is 2.60 bits per heavy atom. The summed E-state index contributed by atoms with van der Waals surface area (Å²) in [6.45, 7) is 1.19. The molecule has 0 spiro atoms. The summed E-state index contributed by atoms with van der Waals surface area (Å²) in [6, 6.07) is 13.5. The Morgan fingerprint density at radius 2 is 1.92 bits per heavy atom. The molecular weight excluding hydrogens is 320 g/mol. The van der Waals surface area contributed by atoms with E-state index in [9.17, 15) is 9.59 Å². The van der Waals surface area contributed by atoms with Gasteiger partial charge in [0.25, 0.3) is 5.91 Å². The van der Waals surface area contributed by atoms with Crippen LogP contribution in [0.3, 0.4) is 0 Å². The van der Waals surface area contributed by atoms with Crippen molar-refractivity contribution in [1.29, 1.82) is 0 Å². The summed E-state index contributed by atoms with van der Waals surface area (Å²) in [5.74, 6) is -0.273. The van der Waals surface area contributed by atoms with Crippen molar-refractivity contribution in [3.63, 3.8) is 0 Å². The van der Waals surface area contributed by atoms with Crippen LogP contribution in [0.4, 0.5) is 5.69 Å². The molecule has 1 heterocycles. The third-order valence-corrected chi connectivity index (χ3v) is 4.01. The van der Waals surface area contributed by atoms with Crippen LogP contribution in [0.2, 0.25) is 0 Å². The second-order valence-corrected chi connectivity index (χ2v) is 5.84. The highest BCUT2D eigenvalue weighted by Gasteiger charge is 2.18.